The molecule has 0 aromatic heterocycles. The fraction of sp³-hybridized carbons (Fsp3) is 0.300. The van der Waals surface area contributed by atoms with Crippen LogP contribution >= 0.6 is 0 Å². The molecule has 2 heteroatoms. The van der Waals surface area contributed by atoms with Gasteiger partial charge in [-0.25, -0.2) is 0 Å². The average molecular weight is 163 g/mol. The number of hydrogen-bond donors (Lipinski definition) is 1. The number of hydrogen-bond acceptors (Lipinski definition) is 2. The summed E-state index contributed by atoms with van der Waals surface area (Å²) in [7, 11) is 0. The fourth-order valence-electron chi connectivity index (χ4n) is 0.725. The van der Waals surface area contributed by atoms with Crippen molar-refractivity contribution in [1.29, 1.82) is 5.26 Å². The Morgan fingerprint density at radius 2 is 2.25 bits per heavy atom. The number of aliphatic hydroxyl groups excluding tert-OH is 1. The van der Waals surface area contributed by atoms with E-state index in [1.54, 1.807) is 18.2 Å². The number of allylic oxidation sites excluding steroid dienone is 5. The van der Waals surface area contributed by atoms with Crippen LogP contribution in [0.25, 0.3) is 0 Å². The molecule has 0 aliphatic rings. The van der Waals surface area contributed by atoms with Crippen LogP contribution in [0, 0.1) is 11.3 Å². The summed E-state index contributed by atoms with van der Waals surface area (Å²) in [4.78, 5) is 0. The molecule has 0 spiro atoms. The van der Waals surface area contributed by atoms with Crippen LogP contribution in [-0.4, -0.2) is 5.11 Å². The molecule has 0 bridgehead atoms. The zero-order valence-electron chi connectivity index (χ0n) is 7.41. The molecule has 0 aliphatic carbocycles. The Labute approximate surface area is 73.1 Å². The lowest BCUT2D eigenvalue weighted by Crippen LogP contribution is -1.77. The van der Waals surface area contributed by atoms with Gasteiger partial charge in [0.15, 0.2) is 0 Å². The largest absolute Gasteiger partial charge is 0.508 e. The van der Waals surface area contributed by atoms with E-state index in [2.05, 4.69) is 0 Å². The molecule has 0 aromatic rings. The Hall–Kier alpha value is -1.49. The van der Waals surface area contributed by atoms with Gasteiger partial charge in [-0.1, -0.05) is 13.0 Å². The highest BCUT2D eigenvalue weighted by Crippen LogP contribution is 2.01. The minimum Gasteiger partial charge on any atom is -0.508 e. The highest BCUT2D eigenvalue weighted by atomic mass is 16.3. The number of nitrogens with zero attached hydrogens (tertiary/aromatic N) is 1. The minimum absolute atomic E-state index is 0.146. The molecule has 1 N–H and O–H groups in total. The molecular weight excluding hydrogens is 150 g/mol. The van der Waals surface area contributed by atoms with Crippen LogP contribution in [0.5, 0.6) is 0 Å². The second-order valence-corrected chi connectivity index (χ2v) is 2.25. The standard InChI is InChI=1S/C10H13NO/c1-3-5-9(8-11)7-10(12)6-4-2/h3,5-7,12H,4H2,1-2H3/b5-3-,9-7+,10-6-. The molecule has 0 fully saturated rings. The topological polar surface area (TPSA) is 44.0 Å². The van der Waals surface area contributed by atoms with Crippen molar-refractivity contribution in [2.45, 2.75) is 20.3 Å². The quantitative estimate of drug-likeness (QED) is 0.395. The molecule has 2 nitrogen and oxygen atoms in total. The summed E-state index contributed by atoms with van der Waals surface area (Å²) < 4.78 is 0. The van der Waals surface area contributed by atoms with Crippen molar-refractivity contribution in [2.24, 2.45) is 0 Å². The van der Waals surface area contributed by atoms with E-state index < -0.39 is 0 Å². The van der Waals surface area contributed by atoms with Gasteiger partial charge in [0.1, 0.15) is 5.76 Å². The van der Waals surface area contributed by atoms with Crippen LogP contribution < -0.4 is 0 Å². The van der Waals surface area contributed by atoms with Gasteiger partial charge in [0, 0.05) is 0 Å². The lowest BCUT2D eigenvalue weighted by molar-refractivity contribution is 0.429. The Kier molecular flexibility index (Phi) is 5.46. The van der Waals surface area contributed by atoms with Gasteiger partial charge >= 0.3 is 0 Å². The van der Waals surface area contributed by atoms with Gasteiger partial charge in [-0.2, -0.15) is 5.26 Å². The van der Waals surface area contributed by atoms with Crippen LogP contribution in [0.1, 0.15) is 20.3 Å². The van der Waals surface area contributed by atoms with Crippen molar-refractivity contribution < 1.29 is 5.11 Å². The molecule has 12 heavy (non-hydrogen) atoms. The van der Waals surface area contributed by atoms with Crippen LogP contribution in [0.4, 0.5) is 0 Å². The summed E-state index contributed by atoms with van der Waals surface area (Å²) in [5.41, 5.74) is 0.458. The Bertz CT molecular complexity index is 254. The van der Waals surface area contributed by atoms with E-state index in [9.17, 15) is 5.11 Å². The van der Waals surface area contributed by atoms with Gasteiger partial charge in [0.05, 0.1) is 11.6 Å². The molecule has 0 radical (unpaired) electrons. The first-order valence-corrected chi connectivity index (χ1v) is 3.88. The van der Waals surface area contributed by atoms with Gasteiger partial charge in [0.2, 0.25) is 0 Å². The van der Waals surface area contributed by atoms with Crippen LogP contribution in [0.3, 0.4) is 0 Å². The Morgan fingerprint density at radius 1 is 1.58 bits per heavy atom. The molecule has 0 aromatic carbocycles. The normalized spacial score (nSPS) is 13.4. The monoisotopic (exact) mass is 163 g/mol. The smallest absolute Gasteiger partial charge is 0.112 e. The maximum atomic E-state index is 9.18. The van der Waals surface area contributed by atoms with E-state index in [1.165, 1.54) is 6.08 Å². The predicted octanol–water partition coefficient (Wildman–Crippen LogP) is 2.86. The molecule has 0 rings (SSSR count). The van der Waals surface area contributed by atoms with Crippen molar-refractivity contribution in [3.05, 3.63) is 35.6 Å². The SMILES string of the molecule is C\C=C/C(C#N)=C\C(O)=C\CC. The van der Waals surface area contributed by atoms with Crippen LogP contribution in [0.2, 0.25) is 0 Å². The van der Waals surface area contributed by atoms with Gasteiger partial charge < -0.3 is 5.11 Å². The van der Waals surface area contributed by atoms with Gasteiger partial charge in [-0.3, -0.25) is 0 Å². The summed E-state index contributed by atoms with van der Waals surface area (Å²) >= 11 is 0. The molecule has 0 saturated heterocycles. The van der Waals surface area contributed by atoms with E-state index in [1.807, 2.05) is 19.9 Å². The maximum absolute atomic E-state index is 9.18. The zero-order valence-corrected chi connectivity index (χ0v) is 7.41. The second kappa shape index (κ2) is 6.23. The number of aliphatic hydroxyl groups is 1. The second-order valence-electron chi connectivity index (χ2n) is 2.25. The third-order valence-corrected chi connectivity index (χ3v) is 1.19. The predicted molar refractivity (Wildman–Crippen MR) is 49.5 cm³/mol. The first-order valence-electron chi connectivity index (χ1n) is 3.88. The fourth-order valence-corrected chi connectivity index (χ4v) is 0.725. The highest BCUT2D eigenvalue weighted by molar-refractivity contribution is 5.37. The minimum atomic E-state index is 0.146. The Balaban J connectivity index is 4.51. The molecule has 0 heterocycles. The first kappa shape index (κ1) is 10.5. The van der Waals surface area contributed by atoms with E-state index in [0.29, 0.717) is 5.57 Å². The molecule has 64 valence electrons. The number of nitriles is 1. The molecule has 0 atom stereocenters. The molecule has 0 aliphatic heterocycles. The van der Waals surface area contributed by atoms with Crippen molar-refractivity contribution in [2.75, 3.05) is 0 Å². The van der Waals surface area contributed by atoms with Crippen LogP contribution in [0.15, 0.2) is 35.6 Å². The lowest BCUT2D eigenvalue weighted by atomic mass is 10.2. The van der Waals surface area contributed by atoms with Gasteiger partial charge in [0.25, 0.3) is 0 Å². The average Bonchev–Trinajstić information content (AvgIpc) is 2.04. The summed E-state index contributed by atoms with van der Waals surface area (Å²) in [6, 6.07) is 1.97. The van der Waals surface area contributed by atoms with Crippen LogP contribution in [-0.2, 0) is 0 Å². The van der Waals surface area contributed by atoms with E-state index in [0.717, 1.165) is 6.42 Å². The summed E-state index contributed by atoms with van der Waals surface area (Å²) in [5.74, 6) is 0.146. The molecular formula is C10H13NO. The van der Waals surface area contributed by atoms with Crippen molar-refractivity contribution in [1.82, 2.24) is 0 Å². The summed E-state index contributed by atoms with van der Waals surface area (Å²) in [6.07, 6.45) is 7.27. The van der Waals surface area contributed by atoms with E-state index >= 15 is 0 Å². The molecule has 0 unspecified atom stereocenters. The highest BCUT2D eigenvalue weighted by Gasteiger charge is 1.90. The van der Waals surface area contributed by atoms with Crippen molar-refractivity contribution in [3.8, 4) is 6.07 Å². The van der Waals surface area contributed by atoms with Gasteiger partial charge in [-0.15, -0.1) is 0 Å². The number of rotatable bonds is 3. The zero-order chi connectivity index (χ0) is 9.40. The first-order chi connectivity index (χ1) is 5.74. The van der Waals surface area contributed by atoms with Crippen molar-refractivity contribution >= 4 is 0 Å². The molecule has 0 amide bonds. The van der Waals surface area contributed by atoms with Gasteiger partial charge in [-0.05, 0) is 31.6 Å². The molecule has 0 saturated carbocycles. The van der Waals surface area contributed by atoms with E-state index in [4.69, 9.17) is 5.26 Å². The maximum Gasteiger partial charge on any atom is 0.112 e. The third-order valence-electron chi connectivity index (χ3n) is 1.19. The Morgan fingerprint density at radius 3 is 2.67 bits per heavy atom. The van der Waals surface area contributed by atoms with Crippen molar-refractivity contribution in [3.63, 3.8) is 0 Å². The summed E-state index contributed by atoms with van der Waals surface area (Å²) in [5, 5.41) is 17.7. The third kappa shape index (κ3) is 4.35. The summed E-state index contributed by atoms with van der Waals surface area (Å²) in [6.45, 7) is 3.75. The van der Waals surface area contributed by atoms with E-state index in [-0.39, 0.29) is 5.76 Å². The lowest BCUT2D eigenvalue weighted by Gasteiger charge is -1.90.